The molecule has 0 radical (unpaired) electrons. The number of ketones is 1. The maximum atomic E-state index is 13.5. The Labute approximate surface area is 379 Å². The summed E-state index contributed by atoms with van der Waals surface area (Å²) in [6.45, 7) is 13.1. The van der Waals surface area contributed by atoms with E-state index < -0.39 is 0 Å². The third kappa shape index (κ3) is 11.4. The first kappa shape index (κ1) is 46.5. The van der Waals surface area contributed by atoms with Crippen molar-refractivity contribution in [3.05, 3.63) is 117 Å². The standard InChI is InChI=1S/C51H57ClN4O8/c1-5-55(6-2)38-18-19-44-47(31-38)64-48-33-45(40-11-7-8-12-41(40)50(48)54-44)53-49(58)21-23-61-25-27-63-29-28-62-26-24-60-22-9-10-39(57)32-42-35(4)56(46-20-13-34(3)30-43(42)46)51(59)36-14-16-37(52)17-15-36/h8,12-20,30-31,33H,5-7,9-11,21-29,32H2,1-4H3/p+1. The molecule has 1 amide bonds. The van der Waals surface area contributed by atoms with E-state index in [0.717, 1.165) is 87.0 Å². The molecule has 0 atom stereocenters. The Morgan fingerprint density at radius 3 is 2.25 bits per heavy atom. The van der Waals surface area contributed by atoms with E-state index in [1.54, 1.807) is 28.8 Å². The smallest absolute Gasteiger partial charge is 0.262 e. The van der Waals surface area contributed by atoms with Crippen molar-refractivity contribution in [3.63, 3.8) is 0 Å². The maximum Gasteiger partial charge on any atom is 0.262 e. The number of hydrogen-bond acceptors (Lipinski definition) is 9. The second kappa shape index (κ2) is 22.4. The van der Waals surface area contributed by atoms with Gasteiger partial charge in [-0.2, -0.15) is 0 Å². The van der Waals surface area contributed by atoms with Crippen molar-refractivity contribution in [3.8, 4) is 11.5 Å². The molecule has 3 aliphatic rings. The molecule has 0 fully saturated rings. The molecule has 2 aliphatic carbocycles. The Kier molecular flexibility index (Phi) is 16.3. The predicted octanol–water partition coefficient (Wildman–Crippen LogP) is 8.60. The minimum absolute atomic E-state index is 0.0946. The van der Waals surface area contributed by atoms with Gasteiger partial charge in [-0.25, -0.2) is 9.56 Å². The van der Waals surface area contributed by atoms with Crippen LogP contribution in [0.3, 0.4) is 0 Å². The van der Waals surface area contributed by atoms with E-state index in [1.165, 1.54) is 0 Å². The van der Waals surface area contributed by atoms with Crippen molar-refractivity contribution in [2.75, 3.05) is 71.3 Å². The Balaban J connectivity index is 0.757. The van der Waals surface area contributed by atoms with Crippen molar-refractivity contribution in [2.45, 2.75) is 66.2 Å². The molecule has 0 saturated heterocycles. The first-order chi connectivity index (χ1) is 31.1. The van der Waals surface area contributed by atoms with Gasteiger partial charge in [0.25, 0.3) is 5.91 Å². The highest BCUT2D eigenvalue weighted by Crippen LogP contribution is 2.36. The fraction of sp³-hybridized carbons (Fsp3) is 0.392. The summed E-state index contributed by atoms with van der Waals surface area (Å²) in [6.07, 6.45) is 7.32. The van der Waals surface area contributed by atoms with Crippen molar-refractivity contribution in [1.29, 1.82) is 0 Å². The number of amides is 1. The third-order valence-electron chi connectivity index (χ3n) is 11.6. The molecule has 64 heavy (non-hydrogen) atoms. The predicted molar refractivity (Wildman–Crippen MR) is 251 cm³/mol. The lowest BCUT2D eigenvalue weighted by molar-refractivity contribution is -0.119. The highest BCUT2D eigenvalue weighted by molar-refractivity contribution is 6.30. The summed E-state index contributed by atoms with van der Waals surface area (Å²) in [4.78, 5) is 44.6. The van der Waals surface area contributed by atoms with Gasteiger partial charge in [0.2, 0.25) is 11.3 Å². The van der Waals surface area contributed by atoms with Gasteiger partial charge in [0.1, 0.15) is 30.1 Å². The number of benzene rings is 4. The Bertz CT molecular complexity index is 2680. The molecular formula is C51H58ClN4O8+. The van der Waals surface area contributed by atoms with Crippen LogP contribution >= 0.6 is 11.6 Å². The lowest BCUT2D eigenvalue weighted by Crippen LogP contribution is -2.29. The van der Waals surface area contributed by atoms with Crippen LogP contribution in [0.1, 0.15) is 77.8 Å². The van der Waals surface area contributed by atoms with E-state index in [-0.39, 0.29) is 37.0 Å². The normalized spacial score (nSPS) is 12.3. The van der Waals surface area contributed by atoms with Crippen LogP contribution in [-0.4, -0.2) is 93.1 Å². The van der Waals surface area contributed by atoms with E-state index in [0.29, 0.717) is 81.0 Å². The number of fused-ring (bicyclic) bond motifs is 5. The van der Waals surface area contributed by atoms with E-state index in [2.05, 4.69) is 42.0 Å². The van der Waals surface area contributed by atoms with Gasteiger partial charge in [-0.1, -0.05) is 35.4 Å². The third-order valence-corrected chi connectivity index (χ3v) is 11.8. The monoisotopic (exact) mass is 889 g/mol. The molecule has 1 N–H and O–H groups in total. The largest absolute Gasteiger partial charge is 0.452 e. The Hall–Kier alpha value is -5.50. The minimum atomic E-state index is -0.157. The number of carbonyl (C=O) groups is 3. The van der Waals surface area contributed by atoms with E-state index >= 15 is 0 Å². The average Bonchev–Trinajstić information content (AvgIpc) is 3.56. The number of hydrogen-bond donors (Lipinski definition) is 1. The van der Waals surface area contributed by atoms with E-state index in [9.17, 15) is 14.4 Å². The summed E-state index contributed by atoms with van der Waals surface area (Å²) in [7, 11) is 0. The van der Waals surface area contributed by atoms with E-state index in [4.69, 9.17) is 39.9 Å². The average molecular weight is 890 g/mol. The van der Waals surface area contributed by atoms with Crippen LogP contribution in [0, 0.1) is 13.8 Å². The topological polar surface area (TPSA) is 134 Å². The molecule has 1 aromatic heterocycles. The highest BCUT2D eigenvalue weighted by Gasteiger charge is 2.23. The van der Waals surface area contributed by atoms with Gasteiger partial charge in [-0.05, 0) is 101 Å². The number of ether oxygens (including phenoxy) is 4. The van der Waals surface area contributed by atoms with Gasteiger partial charge in [0.15, 0.2) is 11.3 Å². The molecule has 12 nitrogen and oxygen atoms in total. The second-order valence-electron chi connectivity index (χ2n) is 15.9. The zero-order chi connectivity index (χ0) is 45.0. The molecule has 0 bridgehead atoms. The summed E-state index contributed by atoms with van der Waals surface area (Å²) in [5.41, 5.74) is 9.03. The number of anilines is 1. The second-order valence-corrected chi connectivity index (χ2v) is 16.4. The van der Waals surface area contributed by atoms with Crippen LogP contribution in [0.15, 0.2) is 77.2 Å². The molecular weight excluding hydrogens is 832 g/mol. The number of carbonyl (C=O) groups excluding carboxylic acids is 3. The summed E-state index contributed by atoms with van der Waals surface area (Å²) in [5, 5.41) is 5.67. The fourth-order valence-corrected chi connectivity index (χ4v) is 8.32. The molecule has 0 saturated carbocycles. The van der Waals surface area contributed by atoms with Gasteiger partial charge in [0, 0.05) is 64.5 Å². The quantitative estimate of drug-likeness (QED) is 0.0404. The van der Waals surface area contributed by atoms with Crippen LogP contribution < -0.4 is 15.2 Å². The summed E-state index contributed by atoms with van der Waals surface area (Å²) < 4.78 is 33.0. The van der Waals surface area contributed by atoms with Crippen LogP contribution in [0.5, 0.6) is 0 Å². The van der Waals surface area contributed by atoms with Crippen LogP contribution in [-0.2, 0) is 41.4 Å². The molecule has 13 heteroatoms. The number of nitrogens with zero attached hydrogens (tertiary/aromatic N) is 3. The zero-order valence-corrected chi connectivity index (χ0v) is 38.1. The molecule has 7 rings (SSSR count). The maximum absolute atomic E-state index is 13.5. The number of Topliss-reactive ketones (excluding diaryl/α,β-unsaturated/α-hetero) is 1. The molecule has 0 unspecified atom stereocenters. The van der Waals surface area contributed by atoms with Crippen molar-refractivity contribution in [1.82, 2.24) is 14.1 Å². The number of allylic oxidation sites excluding steroid dienone is 1. The van der Waals surface area contributed by atoms with Crippen molar-refractivity contribution in [2.24, 2.45) is 0 Å². The molecule has 2 heterocycles. The number of rotatable bonds is 22. The highest BCUT2D eigenvalue weighted by atomic mass is 35.5. The van der Waals surface area contributed by atoms with Gasteiger partial charge >= 0.3 is 0 Å². The lowest BCUT2D eigenvalue weighted by Gasteiger charge is -2.19. The van der Waals surface area contributed by atoms with Crippen molar-refractivity contribution < 1.29 is 37.7 Å². The van der Waals surface area contributed by atoms with Crippen LogP contribution in [0.25, 0.3) is 39.5 Å². The Morgan fingerprint density at radius 1 is 0.828 bits per heavy atom. The van der Waals surface area contributed by atoms with Gasteiger partial charge in [-0.3, -0.25) is 19.0 Å². The number of nitrogens with one attached hydrogen (secondary N) is 1. The van der Waals surface area contributed by atoms with Gasteiger partial charge < -0.3 is 28.7 Å². The van der Waals surface area contributed by atoms with Crippen molar-refractivity contribution >= 4 is 63.0 Å². The van der Waals surface area contributed by atoms with Gasteiger partial charge in [-0.15, -0.1) is 0 Å². The first-order valence-electron chi connectivity index (χ1n) is 22.3. The number of aryl methyl sites for hydroxylation is 1. The van der Waals surface area contributed by atoms with Crippen LogP contribution in [0.4, 0.5) is 5.69 Å². The Morgan fingerprint density at radius 2 is 1.53 bits per heavy atom. The fourth-order valence-electron chi connectivity index (χ4n) is 8.19. The first-order valence-corrected chi connectivity index (χ1v) is 22.7. The minimum Gasteiger partial charge on any atom is -0.452 e. The summed E-state index contributed by atoms with van der Waals surface area (Å²) >= 11 is 6.05. The summed E-state index contributed by atoms with van der Waals surface area (Å²) in [6, 6.07) is 20.8. The zero-order valence-electron chi connectivity index (χ0n) is 37.3. The lowest BCUT2D eigenvalue weighted by atomic mass is 9.94. The van der Waals surface area contributed by atoms with Gasteiger partial charge in [0.05, 0.1) is 64.3 Å². The molecule has 0 spiro atoms. The summed E-state index contributed by atoms with van der Waals surface area (Å²) in [5.74, 6) is 0.509. The molecule has 336 valence electrons. The molecule has 4 aromatic rings. The SMILES string of the molecule is CC[N+](CC)=c1ccc2nc3c4c(c(NC(=O)CCOCCOCCOCCOCCCC(=O)Cc5c(C)n(C(=O)c6ccc(Cl)cc6)c6ccc(C)cc56)cc3oc-2c1)CCC=C4. The number of halogens is 1. The number of aromatic nitrogens is 2. The molecule has 1 aliphatic heterocycles. The molecule has 3 aromatic carbocycles. The van der Waals surface area contributed by atoms with Crippen LogP contribution in [0.2, 0.25) is 5.02 Å². The van der Waals surface area contributed by atoms with E-state index in [1.807, 2.05) is 50.2 Å².